The van der Waals surface area contributed by atoms with E-state index in [0.29, 0.717) is 10.2 Å². The first-order valence-electron chi connectivity index (χ1n) is 5.83. The van der Waals surface area contributed by atoms with Crippen molar-refractivity contribution in [3.63, 3.8) is 0 Å². The van der Waals surface area contributed by atoms with E-state index in [0.717, 1.165) is 11.3 Å². The fraction of sp³-hybridized carbons (Fsp3) is 0.273. The van der Waals surface area contributed by atoms with Gasteiger partial charge in [-0.3, -0.25) is 14.9 Å². The summed E-state index contributed by atoms with van der Waals surface area (Å²) in [5, 5.41) is 10.7. The number of sulfone groups is 1. The van der Waals surface area contributed by atoms with Gasteiger partial charge in [-0.15, -0.1) is 22.9 Å². The number of thiazole rings is 1. The molecule has 22 heavy (non-hydrogen) atoms. The number of hydrogen-bond donors (Lipinski definition) is 0. The van der Waals surface area contributed by atoms with Gasteiger partial charge in [-0.1, -0.05) is 0 Å². The third-order valence-electron chi connectivity index (χ3n) is 2.48. The monoisotopic (exact) mass is 364 g/mol. The maximum absolute atomic E-state index is 12.1. The molecule has 0 aliphatic heterocycles. The second-order valence-electron chi connectivity index (χ2n) is 4.06. The van der Waals surface area contributed by atoms with Gasteiger partial charge in [-0.2, -0.15) is 0 Å². The van der Waals surface area contributed by atoms with Crippen molar-refractivity contribution in [2.45, 2.75) is 4.34 Å². The Balaban J connectivity index is 2.29. The van der Waals surface area contributed by atoms with Gasteiger partial charge in [0.25, 0.3) is 5.69 Å². The number of esters is 1. The second-order valence-corrected chi connectivity index (χ2v) is 7.63. The van der Waals surface area contributed by atoms with Crippen LogP contribution in [0.3, 0.4) is 0 Å². The third-order valence-corrected chi connectivity index (χ3v) is 5.70. The Morgan fingerprint density at radius 3 is 2.82 bits per heavy atom. The number of alkyl halides is 1. The van der Waals surface area contributed by atoms with Crippen molar-refractivity contribution in [2.24, 2.45) is 0 Å². The summed E-state index contributed by atoms with van der Waals surface area (Å²) in [6.07, 6.45) is 0. The molecule has 1 aromatic heterocycles. The molecule has 0 aliphatic carbocycles. The normalized spacial score (nSPS) is 11.5. The van der Waals surface area contributed by atoms with Crippen LogP contribution in [0.25, 0.3) is 10.2 Å². The van der Waals surface area contributed by atoms with Crippen LogP contribution < -0.4 is 0 Å². The summed E-state index contributed by atoms with van der Waals surface area (Å²) in [6, 6.07) is 3.82. The Morgan fingerprint density at radius 2 is 2.18 bits per heavy atom. The summed E-state index contributed by atoms with van der Waals surface area (Å²) in [6.45, 7) is -0.0814. The summed E-state index contributed by atoms with van der Waals surface area (Å²) in [5.41, 5.74) is 0.143. The van der Waals surface area contributed by atoms with E-state index in [1.807, 2.05) is 0 Å². The number of nitro benzene ring substituents is 1. The van der Waals surface area contributed by atoms with Gasteiger partial charge in [0.2, 0.25) is 14.2 Å². The predicted molar refractivity (Wildman–Crippen MR) is 80.0 cm³/mol. The third kappa shape index (κ3) is 3.70. The number of non-ortho nitro benzene ring substituents is 1. The fourth-order valence-electron chi connectivity index (χ4n) is 1.55. The molecule has 2 rings (SSSR count). The molecule has 0 aliphatic rings. The number of halogens is 1. The first-order valence-corrected chi connectivity index (χ1v) is 8.83. The molecule has 118 valence electrons. The SMILES string of the molecule is O=C(CS(=O)(=O)c1nc2ccc([N+](=O)[O-])cc2s1)OCCCl. The lowest BCUT2D eigenvalue weighted by atomic mass is 10.3. The number of nitrogens with zero attached hydrogens (tertiary/aromatic N) is 2. The zero-order chi connectivity index (χ0) is 16.3. The molecule has 2 aromatic rings. The average Bonchev–Trinajstić information content (AvgIpc) is 2.88. The number of fused-ring (bicyclic) bond motifs is 1. The van der Waals surface area contributed by atoms with Gasteiger partial charge < -0.3 is 4.74 Å². The van der Waals surface area contributed by atoms with E-state index in [-0.39, 0.29) is 22.5 Å². The minimum atomic E-state index is -3.96. The van der Waals surface area contributed by atoms with E-state index >= 15 is 0 Å². The van der Waals surface area contributed by atoms with E-state index in [4.69, 9.17) is 11.6 Å². The first-order chi connectivity index (χ1) is 10.3. The topological polar surface area (TPSA) is 116 Å². The number of nitro groups is 1. The lowest BCUT2D eigenvalue weighted by Crippen LogP contribution is -2.19. The number of hydrogen-bond acceptors (Lipinski definition) is 8. The van der Waals surface area contributed by atoms with E-state index < -0.39 is 26.5 Å². The highest BCUT2D eigenvalue weighted by molar-refractivity contribution is 7.94. The average molecular weight is 365 g/mol. The molecule has 0 spiro atoms. The Hall–Kier alpha value is -1.78. The predicted octanol–water partition coefficient (Wildman–Crippen LogP) is 1.76. The van der Waals surface area contributed by atoms with Crippen molar-refractivity contribution in [1.29, 1.82) is 0 Å². The summed E-state index contributed by atoms with van der Waals surface area (Å²) >= 11 is 6.10. The molecule has 0 saturated carbocycles. The Bertz CT molecular complexity index is 832. The first kappa shape index (κ1) is 16.6. The summed E-state index contributed by atoms with van der Waals surface area (Å²) in [5.74, 6) is -1.71. The number of carbonyl (C=O) groups excluding carboxylic acids is 1. The van der Waals surface area contributed by atoms with E-state index in [1.165, 1.54) is 18.2 Å². The zero-order valence-corrected chi connectivity index (χ0v) is 13.3. The molecule has 0 fully saturated rings. The molecule has 0 N–H and O–H groups in total. The van der Waals surface area contributed by atoms with Crippen molar-refractivity contribution in [2.75, 3.05) is 18.2 Å². The van der Waals surface area contributed by atoms with Crippen LogP contribution in [0.2, 0.25) is 0 Å². The summed E-state index contributed by atoms with van der Waals surface area (Å²) < 4.78 is 28.8. The highest BCUT2D eigenvalue weighted by Crippen LogP contribution is 2.29. The molecule has 1 heterocycles. The highest BCUT2D eigenvalue weighted by atomic mass is 35.5. The van der Waals surface area contributed by atoms with Crippen LogP contribution in [0.1, 0.15) is 0 Å². The molecule has 0 radical (unpaired) electrons. The molecule has 8 nitrogen and oxygen atoms in total. The Morgan fingerprint density at radius 1 is 1.45 bits per heavy atom. The van der Waals surface area contributed by atoms with Gasteiger partial charge in [0.05, 0.1) is 21.0 Å². The lowest BCUT2D eigenvalue weighted by Gasteiger charge is -2.01. The maximum atomic E-state index is 12.1. The van der Waals surface area contributed by atoms with Crippen molar-refractivity contribution in [3.8, 4) is 0 Å². The second kappa shape index (κ2) is 6.55. The van der Waals surface area contributed by atoms with Gasteiger partial charge in [-0.05, 0) is 6.07 Å². The minimum Gasteiger partial charge on any atom is -0.464 e. The largest absolute Gasteiger partial charge is 0.464 e. The maximum Gasteiger partial charge on any atom is 0.321 e. The Kier molecular flexibility index (Phi) is 4.94. The summed E-state index contributed by atoms with van der Waals surface area (Å²) in [4.78, 5) is 25.4. The van der Waals surface area contributed by atoms with Crippen molar-refractivity contribution >= 4 is 54.6 Å². The smallest absolute Gasteiger partial charge is 0.321 e. The number of carbonyl (C=O) groups is 1. The number of ether oxygens (including phenoxy) is 1. The van der Waals surface area contributed by atoms with Crippen LogP contribution in [-0.4, -0.2) is 42.5 Å². The van der Waals surface area contributed by atoms with Crippen LogP contribution in [0, 0.1) is 10.1 Å². The number of benzene rings is 1. The number of rotatable bonds is 6. The fourth-order valence-corrected chi connectivity index (χ4v) is 4.07. The molecule has 1 aromatic carbocycles. The van der Waals surface area contributed by atoms with Crippen molar-refractivity contribution < 1.29 is 22.9 Å². The highest BCUT2D eigenvalue weighted by Gasteiger charge is 2.25. The molecule has 11 heteroatoms. The molecule has 0 amide bonds. The molecule has 0 unspecified atom stereocenters. The van der Waals surface area contributed by atoms with Gasteiger partial charge in [0, 0.05) is 12.1 Å². The molecular formula is C11H9ClN2O6S2. The molecular weight excluding hydrogens is 356 g/mol. The molecule has 0 saturated heterocycles. The van der Waals surface area contributed by atoms with Crippen LogP contribution >= 0.6 is 22.9 Å². The summed E-state index contributed by atoms with van der Waals surface area (Å²) in [7, 11) is -3.96. The lowest BCUT2D eigenvalue weighted by molar-refractivity contribution is -0.384. The van der Waals surface area contributed by atoms with Crippen LogP contribution in [-0.2, 0) is 19.4 Å². The Labute approximate surface area is 133 Å². The van der Waals surface area contributed by atoms with E-state index in [2.05, 4.69) is 9.72 Å². The van der Waals surface area contributed by atoms with Gasteiger partial charge in [0.1, 0.15) is 6.61 Å². The molecule has 0 atom stereocenters. The standard InChI is InChI=1S/C11H9ClN2O6S2/c12-3-4-20-10(15)6-22(18,19)11-13-8-2-1-7(14(16)17)5-9(8)21-11/h1-2,5H,3-4,6H2. The van der Waals surface area contributed by atoms with Crippen LogP contribution in [0.4, 0.5) is 5.69 Å². The number of aromatic nitrogens is 1. The quantitative estimate of drug-likeness (QED) is 0.332. The van der Waals surface area contributed by atoms with Crippen molar-refractivity contribution in [1.82, 2.24) is 4.98 Å². The van der Waals surface area contributed by atoms with Crippen LogP contribution in [0.5, 0.6) is 0 Å². The van der Waals surface area contributed by atoms with Crippen LogP contribution in [0.15, 0.2) is 22.5 Å². The van der Waals surface area contributed by atoms with E-state index in [1.54, 1.807) is 0 Å². The van der Waals surface area contributed by atoms with Gasteiger partial charge >= 0.3 is 5.97 Å². The van der Waals surface area contributed by atoms with E-state index in [9.17, 15) is 23.3 Å². The minimum absolute atomic E-state index is 0.0661. The van der Waals surface area contributed by atoms with Gasteiger partial charge in [0.15, 0.2) is 5.75 Å². The van der Waals surface area contributed by atoms with Gasteiger partial charge in [-0.25, -0.2) is 13.4 Å². The van der Waals surface area contributed by atoms with Crippen molar-refractivity contribution in [3.05, 3.63) is 28.3 Å². The zero-order valence-electron chi connectivity index (χ0n) is 10.9. The molecule has 0 bridgehead atoms.